The van der Waals surface area contributed by atoms with E-state index in [9.17, 15) is 14.7 Å². The van der Waals surface area contributed by atoms with Crippen LogP contribution in [0.5, 0.6) is 0 Å². The van der Waals surface area contributed by atoms with Crippen molar-refractivity contribution in [2.75, 3.05) is 6.54 Å². The van der Waals surface area contributed by atoms with Gasteiger partial charge in [-0.3, -0.25) is 4.79 Å². The van der Waals surface area contributed by atoms with E-state index in [0.29, 0.717) is 12.0 Å². The maximum absolute atomic E-state index is 12.6. The van der Waals surface area contributed by atoms with Crippen molar-refractivity contribution >= 4 is 11.9 Å². The number of nitrogens with zero attached hydrogens (tertiary/aromatic N) is 1. The van der Waals surface area contributed by atoms with Crippen LogP contribution < -0.4 is 5.32 Å². The first kappa shape index (κ1) is 19.2. The molecular weight excluding hydrogens is 328 g/mol. The molecule has 134 valence electrons. The molecule has 0 aliphatic heterocycles. The Bertz CT molecular complexity index is 823. The zero-order valence-electron chi connectivity index (χ0n) is 14.9. The van der Waals surface area contributed by atoms with Crippen molar-refractivity contribution in [2.45, 2.75) is 26.2 Å². The maximum atomic E-state index is 12.6. The van der Waals surface area contributed by atoms with Crippen molar-refractivity contribution in [1.29, 1.82) is 5.26 Å². The maximum Gasteiger partial charge on any atom is 0.335 e. The normalized spacial score (nSPS) is 11.6. The van der Waals surface area contributed by atoms with Gasteiger partial charge in [-0.2, -0.15) is 5.26 Å². The van der Waals surface area contributed by atoms with Gasteiger partial charge in [-0.05, 0) is 41.2 Å². The Labute approximate surface area is 153 Å². The summed E-state index contributed by atoms with van der Waals surface area (Å²) in [5.41, 5.74) is 2.39. The van der Waals surface area contributed by atoms with Crippen LogP contribution >= 0.6 is 0 Å². The Kier molecular flexibility index (Phi) is 6.51. The minimum Gasteiger partial charge on any atom is -0.478 e. The third kappa shape index (κ3) is 4.70. The fourth-order valence-corrected chi connectivity index (χ4v) is 2.95. The van der Waals surface area contributed by atoms with Crippen LogP contribution in [0, 0.1) is 17.2 Å². The molecule has 5 nitrogen and oxygen atoms in total. The lowest BCUT2D eigenvalue weighted by atomic mass is 9.85. The van der Waals surface area contributed by atoms with E-state index in [1.165, 1.54) is 0 Å². The summed E-state index contributed by atoms with van der Waals surface area (Å²) < 4.78 is 0. The number of nitriles is 1. The van der Waals surface area contributed by atoms with Gasteiger partial charge in [-0.15, -0.1) is 0 Å². The summed E-state index contributed by atoms with van der Waals surface area (Å²) in [6, 6.07) is 16.6. The third-order valence-corrected chi connectivity index (χ3v) is 4.13. The van der Waals surface area contributed by atoms with Gasteiger partial charge in [0.1, 0.15) is 6.54 Å². The topological polar surface area (TPSA) is 90.2 Å². The molecule has 2 aromatic carbocycles. The molecule has 1 atom stereocenters. The average Bonchev–Trinajstić information content (AvgIpc) is 2.64. The first-order valence-electron chi connectivity index (χ1n) is 8.51. The minimum absolute atomic E-state index is 0.103. The summed E-state index contributed by atoms with van der Waals surface area (Å²) in [6.45, 7) is 3.85. The molecule has 1 amide bonds. The van der Waals surface area contributed by atoms with Gasteiger partial charge in [0.05, 0.1) is 17.6 Å². The van der Waals surface area contributed by atoms with E-state index in [1.807, 2.05) is 50.2 Å². The molecule has 0 aromatic heterocycles. The highest BCUT2D eigenvalue weighted by molar-refractivity contribution is 5.94. The van der Waals surface area contributed by atoms with Crippen LogP contribution in [0.3, 0.4) is 0 Å². The predicted molar refractivity (Wildman–Crippen MR) is 99.7 cm³/mol. The number of hydrogen-bond acceptors (Lipinski definition) is 3. The number of carboxylic acid groups (broad SMARTS) is 1. The number of carboxylic acids is 1. The van der Waals surface area contributed by atoms with E-state index in [-0.39, 0.29) is 23.9 Å². The molecule has 2 aromatic rings. The van der Waals surface area contributed by atoms with E-state index < -0.39 is 11.9 Å². The summed E-state index contributed by atoms with van der Waals surface area (Å²) >= 11 is 0. The molecule has 0 saturated heterocycles. The fourth-order valence-electron chi connectivity index (χ4n) is 2.95. The minimum atomic E-state index is -1.07. The second kappa shape index (κ2) is 8.82. The van der Waals surface area contributed by atoms with Gasteiger partial charge in [-0.25, -0.2) is 4.79 Å². The number of aromatic carboxylic acids is 1. The molecule has 26 heavy (non-hydrogen) atoms. The van der Waals surface area contributed by atoms with Crippen LogP contribution in [0.25, 0.3) is 11.1 Å². The second-order valence-corrected chi connectivity index (χ2v) is 6.53. The Morgan fingerprint density at radius 3 is 2.38 bits per heavy atom. The number of rotatable bonds is 7. The fraction of sp³-hybridized carbons (Fsp3) is 0.286. The molecule has 0 bridgehead atoms. The lowest BCUT2D eigenvalue weighted by molar-refractivity contribution is -0.122. The molecule has 2 rings (SSSR count). The summed E-state index contributed by atoms with van der Waals surface area (Å²) in [7, 11) is 0. The highest BCUT2D eigenvalue weighted by Crippen LogP contribution is 2.31. The predicted octanol–water partition coefficient (Wildman–Crippen LogP) is 3.82. The smallest absolute Gasteiger partial charge is 0.335 e. The van der Waals surface area contributed by atoms with Crippen molar-refractivity contribution in [3.05, 3.63) is 59.7 Å². The zero-order valence-corrected chi connectivity index (χ0v) is 14.9. The summed E-state index contributed by atoms with van der Waals surface area (Å²) in [4.78, 5) is 24.3. The Hall–Kier alpha value is -3.13. The highest BCUT2D eigenvalue weighted by atomic mass is 16.4. The van der Waals surface area contributed by atoms with Crippen LogP contribution in [-0.4, -0.2) is 23.5 Å². The molecule has 0 saturated carbocycles. The molecule has 0 aliphatic carbocycles. The Morgan fingerprint density at radius 2 is 1.81 bits per heavy atom. The summed E-state index contributed by atoms with van der Waals surface area (Å²) in [5, 5.41) is 20.9. The van der Waals surface area contributed by atoms with Gasteiger partial charge in [0.15, 0.2) is 0 Å². The van der Waals surface area contributed by atoms with Gasteiger partial charge in [0.25, 0.3) is 0 Å². The van der Waals surface area contributed by atoms with E-state index >= 15 is 0 Å². The molecule has 1 unspecified atom stereocenters. The monoisotopic (exact) mass is 350 g/mol. The molecule has 2 N–H and O–H groups in total. The number of benzene rings is 2. The van der Waals surface area contributed by atoms with E-state index in [4.69, 9.17) is 5.26 Å². The average molecular weight is 350 g/mol. The van der Waals surface area contributed by atoms with Gasteiger partial charge >= 0.3 is 5.97 Å². The van der Waals surface area contributed by atoms with Gasteiger partial charge in [0.2, 0.25) is 5.91 Å². The number of amides is 1. The standard InChI is InChI=1S/C21H22N2O3/c1-14(2)12-19(20(24)23-11-10-22)18-13-16(8-9-17(18)21(25)26)15-6-4-3-5-7-15/h3-9,13-14,19H,11-12H2,1-2H3,(H,23,24)(H,25,26). The first-order chi connectivity index (χ1) is 12.4. The lowest BCUT2D eigenvalue weighted by Crippen LogP contribution is -2.31. The Balaban J connectivity index is 2.54. The molecule has 0 aliphatic rings. The van der Waals surface area contributed by atoms with Crippen LogP contribution in [-0.2, 0) is 4.79 Å². The zero-order chi connectivity index (χ0) is 19.1. The number of nitrogens with one attached hydrogen (secondary N) is 1. The van der Waals surface area contributed by atoms with Crippen molar-refractivity contribution in [3.63, 3.8) is 0 Å². The molecular formula is C21H22N2O3. The summed E-state index contributed by atoms with van der Waals surface area (Å²) in [6.07, 6.45) is 0.496. The number of carbonyl (C=O) groups excluding carboxylic acids is 1. The van der Waals surface area contributed by atoms with Crippen LogP contribution in [0.1, 0.15) is 42.1 Å². The van der Waals surface area contributed by atoms with Crippen molar-refractivity contribution in [3.8, 4) is 17.2 Å². The van der Waals surface area contributed by atoms with Crippen LogP contribution in [0.4, 0.5) is 0 Å². The SMILES string of the molecule is CC(C)CC(C(=O)NCC#N)c1cc(-c2ccccc2)ccc1C(=O)O. The molecule has 0 spiro atoms. The third-order valence-electron chi connectivity index (χ3n) is 4.13. The van der Waals surface area contributed by atoms with Gasteiger partial charge in [0, 0.05) is 0 Å². The van der Waals surface area contributed by atoms with Crippen molar-refractivity contribution < 1.29 is 14.7 Å². The van der Waals surface area contributed by atoms with Crippen LogP contribution in [0.15, 0.2) is 48.5 Å². The van der Waals surface area contributed by atoms with Crippen LogP contribution in [0.2, 0.25) is 0 Å². The largest absolute Gasteiger partial charge is 0.478 e. The Morgan fingerprint density at radius 1 is 1.12 bits per heavy atom. The van der Waals surface area contributed by atoms with Crippen molar-refractivity contribution in [2.24, 2.45) is 5.92 Å². The molecule has 0 radical (unpaired) electrons. The molecule has 0 fully saturated rings. The molecule has 0 heterocycles. The van der Waals surface area contributed by atoms with Crippen molar-refractivity contribution in [1.82, 2.24) is 5.32 Å². The number of carbonyl (C=O) groups is 2. The molecule has 5 heteroatoms. The number of hydrogen-bond donors (Lipinski definition) is 2. The van der Waals surface area contributed by atoms with E-state index in [0.717, 1.165) is 11.1 Å². The van der Waals surface area contributed by atoms with E-state index in [1.54, 1.807) is 18.2 Å². The summed E-state index contributed by atoms with van der Waals surface area (Å²) in [5.74, 6) is -1.83. The van der Waals surface area contributed by atoms with E-state index in [2.05, 4.69) is 5.32 Å². The highest BCUT2D eigenvalue weighted by Gasteiger charge is 2.26. The van der Waals surface area contributed by atoms with Gasteiger partial charge in [-0.1, -0.05) is 50.2 Å². The lowest BCUT2D eigenvalue weighted by Gasteiger charge is -2.21. The van der Waals surface area contributed by atoms with Gasteiger partial charge < -0.3 is 10.4 Å². The first-order valence-corrected chi connectivity index (χ1v) is 8.51. The quantitative estimate of drug-likeness (QED) is 0.743. The second-order valence-electron chi connectivity index (χ2n) is 6.53.